The molecule has 0 aliphatic carbocycles. The van der Waals surface area contributed by atoms with Gasteiger partial charge in [0.25, 0.3) is 0 Å². The third-order valence-electron chi connectivity index (χ3n) is 15.2. The van der Waals surface area contributed by atoms with Crippen LogP contribution in [0.15, 0.2) is 24.3 Å². The van der Waals surface area contributed by atoms with E-state index in [1.807, 2.05) is 0 Å². The lowest BCUT2D eigenvalue weighted by Crippen LogP contribution is -2.45. The van der Waals surface area contributed by atoms with E-state index in [2.05, 4.69) is 43.5 Å². The molecule has 0 fully saturated rings. The maximum Gasteiger partial charge on any atom is 0.305 e. The van der Waals surface area contributed by atoms with Crippen molar-refractivity contribution < 1.29 is 24.5 Å². The fraction of sp³-hybridized carbons (Fsp3) is 0.909. The van der Waals surface area contributed by atoms with Crippen LogP contribution in [0.4, 0.5) is 0 Å². The largest absolute Gasteiger partial charge is 0.466 e. The van der Waals surface area contributed by atoms with Crippen molar-refractivity contribution in [3.8, 4) is 0 Å². The molecule has 0 spiro atoms. The number of unbranched alkanes of at least 4 members (excludes halogenated alkanes) is 46. The van der Waals surface area contributed by atoms with Crippen molar-refractivity contribution in [2.24, 2.45) is 0 Å². The minimum atomic E-state index is -0.659. The molecule has 0 rings (SSSR count). The van der Waals surface area contributed by atoms with Crippen LogP contribution in [0.5, 0.6) is 0 Å². The van der Waals surface area contributed by atoms with E-state index in [0.717, 1.165) is 44.9 Å². The van der Waals surface area contributed by atoms with Gasteiger partial charge in [-0.25, -0.2) is 0 Å². The maximum atomic E-state index is 12.4. The van der Waals surface area contributed by atoms with E-state index < -0.39 is 12.1 Å². The highest BCUT2D eigenvalue weighted by atomic mass is 16.5. The smallest absolute Gasteiger partial charge is 0.305 e. The summed E-state index contributed by atoms with van der Waals surface area (Å²) in [6.45, 7) is 4.93. The first-order chi connectivity index (χ1) is 35.5. The van der Waals surface area contributed by atoms with Crippen LogP contribution in [0.25, 0.3) is 0 Å². The van der Waals surface area contributed by atoms with Crippen molar-refractivity contribution >= 4 is 11.9 Å². The first-order valence-electron chi connectivity index (χ1n) is 32.6. The van der Waals surface area contributed by atoms with E-state index in [1.165, 1.54) is 283 Å². The quantitative estimate of drug-likeness (QED) is 0.0320. The molecule has 0 bridgehead atoms. The highest BCUT2D eigenvalue weighted by molar-refractivity contribution is 5.76. The molecular weight excluding hydrogens is 887 g/mol. The topological polar surface area (TPSA) is 95.9 Å². The highest BCUT2D eigenvalue weighted by Crippen LogP contribution is 2.18. The number of aliphatic hydroxyl groups excluding tert-OH is 2. The molecule has 1 amide bonds. The molecule has 2 unspecified atom stereocenters. The van der Waals surface area contributed by atoms with Crippen LogP contribution >= 0.6 is 0 Å². The molecule has 0 saturated heterocycles. The summed E-state index contributed by atoms with van der Waals surface area (Å²) in [6.07, 6.45) is 76.6. The van der Waals surface area contributed by atoms with E-state index in [4.69, 9.17) is 4.74 Å². The van der Waals surface area contributed by atoms with Gasteiger partial charge in [-0.15, -0.1) is 0 Å². The molecule has 0 aromatic carbocycles. The minimum Gasteiger partial charge on any atom is -0.466 e. The number of aliphatic hydroxyl groups is 2. The van der Waals surface area contributed by atoms with Gasteiger partial charge in [0.1, 0.15) is 0 Å². The zero-order chi connectivity index (χ0) is 52.2. The Kier molecular flexibility index (Phi) is 60.5. The number of amides is 1. The van der Waals surface area contributed by atoms with E-state index in [-0.39, 0.29) is 18.5 Å². The van der Waals surface area contributed by atoms with Gasteiger partial charge in [0.05, 0.1) is 25.4 Å². The Morgan fingerprint density at radius 1 is 0.375 bits per heavy atom. The fourth-order valence-corrected chi connectivity index (χ4v) is 10.2. The van der Waals surface area contributed by atoms with Crippen LogP contribution in [0, 0.1) is 0 Å². The van der Waals surface area contributed by atoms with Crippen LogP contribution in [-0.4, -0.2) is 47.4 Å². The van der Waals surface area contributed by atoms with Crippen molar-refractivity contribution in [3.05, 3.63) is 24.3 Å². The van der Waals surface area contributed by atoms with Crippen LogP contribution in [-0.2, 0) is 14.3 Å². The Morgan fingerprint density at radius 2 is 0.653 bits per heavy atom. The molecule has 0 heterocycles. The Hall–Kier alpha value is -1.66. The summed E-state index contributed by atoms with van der Waals surface area (Å²) in [5.41, 5.74) is 0. The molecule has 0 radical (unpaired) electrons. The third-order valence-corrected chi connectivity index (χ3v) is 15.2. The van der Waals surface area contributed by atoms with E-state index in [1.54, 1.807) is 0 Å². The number of rotatable bonds is 61. The summed E-state index contributed by atoms with van der Waals surface area (Å²) in [4.78, 5) is 24.4. The van der Waals surface area contributed by atoms with Gasteiger partial charge in [-0.05, 0) is 77.0 Å². The number of esters is 1. The number of allylic oxidation sites excluding steroid dienone is 4. The second-order valence-electron chi connectivity index (χ2n) is 22.4. The molecule has 6 heteroatoms. The van der Waals surface area contributed by atoms with Gasteiger partial charge < -0.3 is 20.3 Å². The summed E-state index contributed by atoms with van der Waals surface area (Å²) >= 11 is 0. The first-order valence-corrected chi connectivity index (χ1v) is 32.6. The van der Waals surface area contributed by atoms with Crippen LogP contribution in [0.3, 0.4) is 0 Å². The van der Waals surface area contributed by atoms with Gasteiger partial charge in [0, 0.05) is 12.8 Å². The van der Waals surface area contributed by atoms with E-state index >= 15 is 0 Å². The predicted octanol–water partition coefficient (Wildman–Crippen LogP) is 20.6. The molecular formula is C66H127NO5. The predicted molar refractivity (Wildman–Crippen MR) is 315 cm³/mol. The number of carbonyl (C=O) groups is 2. The molecule has 0 aliphatic heterocycles. The zero-order valence-electron chi connectivity index (χ0n) is 48.7. The van der Waals surface area contributed by atoms with Crippen LogP contribution in [0.1, 0.15) is 361 Å². The fourth-order valence-electron chi connectivity index (χ4n) is 10.2. The Morgan fingerprint density at radius 3 is 1.00 bits per heavy atom. The molecule has 0 aromatic heterocycles. The van der Waals surface area contributed by atoms with Crippen molar-refractivity contribution in [1.82, 2.24) is 5.32 Å². The minimum absolute atomic E-state index is 0.00956. The van der Waals surface area contributed by atoms with Crippen LogP contribution in [0.2, 0.25) is 0 Å². The van der Waals surface area contributed by atoms with Crippen molar-refractivity contribution in [3.63, 3.8) is 0 Å². The normalized spacial score (nSPS) is 12.7. The van der Waals surface area contributed by atoms with E-state index in [0.29, 0.717) is 25.9 Å². The van der Waals surface area contributed by atoms with Crippen molar-refractivity contribution in [2.75, 3.05) is 13.2 Å². The van der Waals surface area contributed by atoms with Crippen molar-refractivity contribution in [1.29, 1.82) is 0 Å². The first kappa shape index (κ1) is 70.3. The second-order valence-corrected chi connectivity index (χ2v) is 22.4. The SMILES string of the molecule is CCCCCC/C=C\CCCCCCCC(=O)OCCCCCCCCCCCCCC/C=C\CCCCCCCCCCCCCCCCCCCC(=O)NC(CO)C(O)CCCCCCCCCCC. The Bertz CT molecular complexity index is 1120. The number of carbonyl (C=O) groups excluding carboxylic acids is 2. The zero-order valence-corrected chi connectivity index (χ0v) is 48.7. The van der Waals surface area contributed by atoms with Crippen molar-refractivity contribution in [2.45, 2.75) is 373 Å². The molecule has 3 N–H and O–H groups in total. The molecule has 6 nitrogen and oxygen atoms in total. The molecule has 426 valence electrons. The van der Waals surface area contributed by atoms with E-state index in [9.17, 15) is 19.8 Å². The van der Waals surface area contributed by atoms with Gasteiger partial charge in [0.2, 0.25) is 5.91 Å². The Balaban J connectivity index is 3.32. The molecule has 0 saturated carbocycles. The number of hydrogen-bond donors (Lipinski definition) is 3. The monoisotopic (exact) mass is 1010 g/mol. The molecule has 72 heavy (non-hydrogen) atoms. The van der Waals surface area contributed by atoms with Gasteiger partial charge in [-0.1, -0.05) is 295 Å². The average molecular weight is 1010 g/mol. The van der Waals surface area contributed by atoms with Gasteiger partial charge in [-0.2, -0.15) is 0 Å². The molecule has 2 atom stereocenters. The third kappa shape index (κ3) is 57.6. The summed E-state index contributed by atoms with van der Waals surface area (Å²) in [5.74, 6) is -0.0234. The van der Waals surface area contributed by atoms with Crippen LogP contribution < -0.4 is 5.32 Å². The summed E-state index contributed by atoms with van der Waals surface area (Å²) in [7, 11) is 0. The average Bonchev–Trinajstić information content (AvgIpc) is 3.38. The standard InChI is InChI=1S/C66H127NO5/c1-3-5-7-9-11-13-14-36-40-44-48-52-56-60-66(71)72-61-57-53-49-45-41-38-35-33-31-29-27-25-23-21-19-17-15-16-18-20-22-24-26-28-30-32-34-37-39-43-47-51-55-59-65(70)67-63(62-68)64(69)58-54-50-46-42-12-10-8-6-4-2/h13-14,19,21,63-64,68-69H,3-12,15-18,20,22-62H2,1-2H3,(H,67,70)/b14-13-,21-19-. The summed E-state index contributed by atoms with van der Waals surface area (Å²) in [6, 6.07) is -0.536. The molecule has 0 aromatic rings. The van der Waals surface area contributed by atoms with Gasteiger partial charge in [-0.3, -0.25) is 9.59 Å². The lowest BCUT2D eigenvalue weighted by atomic mass is 10.0. The summed E-state index contributed by atoms with van der Waals surface area (Å²) < 4.78 is 5.48. The second kappa shape index (κ2) is 61.9. The maximum absolute atomic E-state index is 12.4. The number of hydrogen-bond acceptors (Lipinski definition) is 5. The number of nitrogens with one attached hydrogen (secondary N) is 1. The Labute approximate surface area is 450 Å². The van der Waals surface area contributed by atoms with Gasteiger partial charge >= 0.3 is 5.97 Å². The summed E-state index contributed by atoms with van der Waals surface area (Å²) in [5, 5.41) is 23.1. The number of ether oxygens (including phenoxy) is 1. The lowest BCUT2D eigenvalue weighted by molar-refractivity contribution is -0.143. The van der Waals surface area contributed by atoms with Gasteiger partial charge in [0.15, 0.2) is 0 Å². The molecule has 0 aliphatic rings. The lowest BCUT2D eigenvalue weighted by Gasteiger charge is -2.22. The highest BCUT2D eigenvalue weighted by Gasteiger charge is 2.20.